The molecule has 3 nitrogen and oxygen atoms in total. The lowest BCUT2D eigenvalue weighted by atomic mass is 9.79. The third-order valence-corrected chi connectivity index (χ3v) is 6.63. The lowest BCUT2D eigenvalue weighted by molar-refractivity contribution is 0.229. The Kier molecular flexibility index (Phi) is 5.24. The molecule has 2 atom stereocenters. The Morgan fingerprint density at radius 2 is 1.89 bits per heavy atom. The third-order valence-electron chi connectivity index (χ3n) is 4.48. The highest BCUT2D eigenvalue weighted by molar-refractivity contribution is 7.92. The van der Waals surface area contributed by atoms with Crippen LogP contribution >= 0.6 is 0 Å². The van der Waals surface area contributed by atoms with E-state index in [4.69, 9.17) is 0 Å². The third kappa shape index (κ3) is 4.23. The smallest absolute Gasteiger partial charge is 0.153 e. The van der Waals surface area contributed by atoms with Gasteiger partial charge in [0.05, 0.1) is 4.75 Å². The van der Waals surface area contributed by atoms with Crippen LogP contribution in [-0.4, -0.2) is 32.0 Å². The van der Waals surface area contributed by atoms with Gasteiger partial charge < -0.3 is 5.32 Å². The van der Waals surface area contributed by atoms with Gasteiger partial charge >= 0.3 is 0 Å². The van der Waals surface area contributed by atoms with Crippen molar-refractivity contribution in [3.63, 3.8) is 0 Å². The van der Waals surface area contributed by atoms with Gasteiger partial charge in [0.25, 0.3) is 0 Å². The molecule has 0 amide bonds. The van der Waals surface area contributed by atoms with Gasteiger partial charge in [-0.3, -0.25) is 0 Å². The zero-order valence-electron chi connectivity index (χ0n) is 12.5. The first kappa shape index (κ1) is 16.0. The van der Waals surface area contributed by atoms with E-state index in [9.17, 15) is 8.42 Å². The van der Waals surface area contributed by atoms with Gasteiger partial charge in [0.15, 0.2) is 9.84 Å². The van der Waals surface area contributed by atoms with Gasteiger partial charge in [-0.05, 0) is 38.5 Å². The fourth-order valence-electron chi connectivity index (χ4n) is 2.54. The molecule has 108 valence electrons. The van der Waals surface area contributed by atoms with Crippen molar-refractivity contribution in [2.45, 2.75) is 64.2 Å². The minimum Gasteiger partial charge on any atom is -0.312 e. The van der Waals surface area contributed by atoms with Crippen molar-refractivity contribution in [2.24, 2.45) is 11.8 Å². The maximum atomic E-state index is 11.7. The monoisotopic (exact) mass is 275 g/mol. The van der Waals surface area contributed by atoms with Crippen LogP contribution in [0.3, 0.4) is 0 Å². The normalized spacial score (nSPS) is 26.6. The summed E-state index contributed by atoms with van der Waals surface area (Å²) in [5.41, 5.74) is 0. The van der Waals surface area contributed by atoms with E-state index in [1.54, 1.807) is 13.8 Å². The molecule has 0 aliphatic heterocycles. The number of hydrogen-bond acceptors (Lipinski definition) is 3. The van der Waals surface area contributed by atoms with Gasteiger partial charge in [0.2, 0.25) is 0 Å². The van der Waals surface area contributed by atoms with Crippen molar-refractivity contribution in [3.05, 3.63) is 0 Å². The van der Waals surface area contributed by atoms with E-state index >= 15 is 0 Å². The van der Waals surface area contributed by atoms with E-state index in [2.05, 4.69) is 19.2 Å². The average molecular weight is 275 g/mol. The summed E-state index contributed by atoms with van der Waals surface area (Å²) in [7, 11) is -3.00. The van der Waals surface area contributed by atoms with Crippen LogP contribution in [0.1, 0.15) is 53.4 Å². The van der Waals surface area contributed by atoms with Crippen LogP contribution in [0.25, 0.3) is 0 Å². The Morgan fingerprint density at radius 3 is 2.39 bits per heavy atom. The Bertz CT molecular complexity index is 360. The molecule has 1 aliphatic rings. The molecule has 4 heteroatoms. The number of hydrogen-bond donors (Lipinski definition) is 1. The van der Waals surface area contributed by atoms with Crippen molar-refractivity contribution < 1.29 is 8.42 Å². The molecule has 0 spiro atoms. The summed E-state index contributed by atoms with van der Waals surface area (Å²) >= 11 is 0. The molecule has 0 aromatic heterocycles. The van der Waals surface area contributed by atoms with Gasteiger partial charge in [-0.25, -0.2) is 8.42 Å². The summed E-state index contributed by atoms with van der Waals surface area (Å²) in [6, 6.07) is 0.493. The topological polar surface area (TPSA) is 46.2 Å². The molecular formula is C14H29NO2S. The molecule has 1 aliphatic carbocycles. The van der Waals surface area contributed by atoms with Crippen LogP contribution in [-0.2, 0) is 9.84 Å². The first-order valence-electron chi connectivity index (χ1n) is 7.06. The summed E-state index contributed by atoms with van der Waals surface area (Å²) in [6.45, 7) is 8.73. The fraction of sp³-hybridized carbons (Fsp3) is 1.00. The van der Waals surface area contributed by atoms with Crippen LogP contribution in [0.2, 0.25) is 0 Å². The molecule has 0 aromatic rings. The van der Waals surface area contributed by atoms with Crippen LogP contribution in [0.4, 0.5) is 0 Å². The molecule has 0 saturated heterocycles. The maximum Gasteiger partial charge on any atom is 0.153 e. The van der Waals surface area contributed by atoms with Crippen LogP contribution in [0, 0.1) is 11.8 Å². The highest BCUT2D eigenvalue weighted by Gasteiger charge is 2.32. The largest absolute Gasteiger partial charge is 0.312 e. The Labute approximate surface area is 113 Å². The fourth-order valence-corrected chi connectivity index (χ4v) is 2.89. The van der Waals surface area contributed by atoms with Crippen molar-refractivity contribution >= 4 is 9.84 Å². The number of sulfone groups is 1. The molecule has 0 aromatic carbocycles. The molecule has 0 bridgehead atoms. The maximum absolute atomic E-state index is 11.7. The minimum absolute atomic E-state index is 0.493. The predicted molar refractivity (Wildman–Crippen MR) is 77.5 cm³/mol. The van der Waals surface area contributed by atoms with E-state index in [1.807, 2.05) is 0 Å². The number of rotatable bonds is 5. The molecule has 2 unspecified atom stereocenters. The second-order valence-electron chi connectivity index (χ2n) is 6.78. The van der Waals surface area contributed by atoms with Crippen LogP contribution in [0.15, 0.2) is 0 Å². The van der Waals surface area contributed by atoms with E-state index in [0.29, 0.717) is 12.6 Å². The SMILES string of the molecule is CC(C)C1CCCC(NCC(C)(C)S(C)(=O)=O)C1. The van der Waals surface area contributed by atoms with Crippen LogP contribution < -0.4 is 5.32 Å². The van der Waals surface area contributed by atoms with Gasteiger partial charge in [0, 0.05) is 18.8 Å². The first-order valence-corrected chi connectivity index (χ1v) is 8.95. The van der Waals surface area contributed by atoms with E-state index < -0.39 is 14.6 Å². The minimum atomic E-state index is -3.00. The first-order chi connectivity index (χ1) is 8.13. The average Bonchev–Trinajstić information content (AvgIpc) is 2.25. The van der Waals surface area contributed by atoms with Crippen molar-refractivity contribution in [1.29, 1.82) is 0 Å². The summed E-state index contributed by atoms with van der Waals surface area (Å²) in [4.78, 5) is 0. The Morgan fingerprint density at radius 1 is 1.28 bits per heavy atom. The van der Waals surface area contributed by atoms with Gasteiger partial charge in [-0.1, -0.05) is 26.7 Å². The molecular weight excluding hydrogens is 246 g/mol. The zero-order chi connectivity index (χ0) is 14.0. The highest BCUT2D eigenvalue weighted by Crippen LogP contribution is 2.30. The van der Waals surface area contributed by atoms with E-state index in [-0.39, 0.29) is 0 Å². The van der Waals surface area contributed by atoms with Crippen LogP contribution in [0.5, 0.6) is 0 Å². The Balaban J connectivity index is 2.49. The second kappa shape index (κ2) is 5.91. The molecule has 0 radical (unpaired) electrons. The van der Waals surface area contributed by atoms with Gasteiger partial charge in [0.1, 0.15) is 0 Å². The summed E-state index contributed by atoms with van der Waals surface area (Å²) in [5.74, 6) is 1.52. The highest BCUT2D eigenvalue weighted by atomic mass is 32.2. The molecule has 1 saturated carbocycles. The molecule has 18 heavy (non-hydrogen) atoms. The van der Waals surface area contributed by atoms with Crippen molar-refractivity contribution in [2.75, 3.05) is 12.8 Å². The van der Waals surface area contributed by atoms with Gasteiger partial charge in [-0.2, -0.15) is 0 Å². The van der Waals surface area contributed by atoms with E-state index in [0.717, 1.165) is 11.8 Å². The summed E-state index contributed by atoms with van der Waals surface area (Å²) in [5, 5.41) is 3.47. The lowest BCUT2D eigenvalue weighted by Gasteiger charge is -2.34. The predicted octanol–water partition coefficient (Wildman–Crippen LogP) is 2.61. The molecule has 0 heterocycles. The quantitative estimate of drug-likeness (QED) is 0.839. The number of nitrogens with one attached hydrogen (secondary N) is 1. The standard InChI is InChI=1S/C14H29NO2S/c1-11(2)12-7-6-8-13(9-12)15-10-14(3,4)18(5,16)17/h11-13,15H,6-10H2,1-5H3. The summed E-state index contributed by atoms with van der Waals surface area (Å²) < 4.78 is 22.6. The van der Waals surface area contributed by atoms with Crippen molar-refractivity contribution in [3.8, 4) is 0 Å². The molecule has 1 N–H and O–H groups in total. The Hall–Kier alpha value is -0.0900. The summed E-state index contributed by atoms with van der Waals surface area (Å²) in [6.07, 6.45) is 6.29. The lowest BCUT2D eigenvalue weighted by Crippen LogP contribution is -2.46. The molecule has 1 rings (SSSR count). The second-order valence-corrected chi connectivity index (χ2v) is 9.43. The van der Waals surface area contributed by atoms with Gasteiger partial charge in [-0.15, -0.1) is 0 Å². The van der Waals surface area contributed by atoms with Crippen molar-refractivity contribution in [1.82, 2.24) is 5.32 Å². The van der Waals surface area contributed by atoms with E-state index in [1.165, 1.54) is 31.9 Å². The molecule has 1 fully saturated rings. The zero-order valence-corrected chi connectivity index (χ0v) is 13.3.